The maximum atomic E-state index is 5.89. The maximum absolute atomic E-state index is 5.89. The van der Waals surface area contributed by atoms with Gasteiger partial charge in [-0.05, 0) is 12.1 Å². The second kappa shape index (κ2) is 5.42. The summed E-state index contributed by atoms with van der Waals surface area (Å²) in [6.45, 7) is 3.66. The Bertz CT molecular complexity index is 377. The third kappa shape index (κ3) is 2.12. The average Bonchev–Trinajstić information content (AvgIpc) is 2.35. The molecule has 2 N–H and O–H groups in total. The van der Waals surface area contributed by atoms with Crippen molar-refractivity contribution < 1.29 is 14.2 Å². The number of ether oxygens (including phenoxy) is 3. The molecule has 0 fully saturated rings. The Labute approximate surface area is 95.6 Å². The van der Waals surface area contributed by atoms with Crippen LogP contribution in [0.25, 0.3) is 0 Å². The lowest BCUT2D eigenvalue weighted by molar-refractivity contribution is 0.321. The molecule has 0 aliphatic heterocycles. The van der Waals surface area contributed by atoms with Crippen molar-refractivity contribution in [1.82, 2.24) is 0 Å². The van der Waals surface area contributed by atoms with E-state index in [0.29, 0.717) is 17.2 Å². The summed E-state index contributed by atoms with van der Waals surface area (Å²) in [6.07, 6.45) is 1.64. The van der Waals surface area contributed by atoms with Crippen LogP contribution in [0.3, 0.4) is 0 Å². The van der Waals surface area contributed by atoms with E-state index >= 15 is 0 Å². The van der Waals surface area contributed by atoms with Crippen LogP contribution in [0.15, 0.2) is 24.8 Å². The Morgan fingerprint density at radius 2 is 1.75 bits per heavy atom. The van der Waals surface area contributed by atoms with Crippen LogP contribution in [-0.4, -0.2) is 21.3 Å². The van der Waals surface area contributed by atoms with Crippen LogP contribution in [-0.2, 0) is 0 Å². The van der Waals surface area contributed by atoms with E-state index in [-0.39, 0.29) is 6.04 Å². The highest BCUT2D eigenvalue weighted by molar-refractivity contribution is 5.57. The Balaban J connectivity index is 3.36. The number of hydrogen-bond donors (Lipinski definition) is 1. The van der Waals surface area contributed by atoms with Gasteiger partial charge in [0.1, 0.15) is 0 Å². The lowest BCUT2D eigenvalue weighted by Gasteiger charge is -2.17. The van der Waals surface area contributed by atoms with Crippen LogP contribution >= 0.6 is 0 Å². The maximum Gasteiger partial charge on any atom is 0.203 e. The number of nitrogens with two attached hydrogens (primary N) is 1. The first-order valence-electron chi connectivity index (χ1n) is 4.86. The number of hydrogen-bond acceptors (Lipinski definition) is 4. The predicted octanol–water partition coefficient (Wildman–Crippen LogP) is 1.90. The van der Waals surface area contributed by atoms with Crippen LogP contribution in [0.4, 0.5) is 0 Å². The molecule has 0 spiro atoms. The quantitative estimate of drug-likeness (QED) is 0.774. The molecule has 0 aromatic heterocycles. The van der Waals surface area contributed by atoms with Crippen molar-refractivity contribution in [3.05, 3.63) is 30.4 Å². The van der Waals surface area contributed by atoms with Crippen LogP contribution in [0.1, 0.15) is 11.6 Å². The van der Waals surface area contributed by atoms with Gasteiger partial charge in [0.05, 0.1) is 27.4 Å². The van der Waals surface area contributed by atoms with Gasteiger partial charge in [0.15, 0.2) is 11.5 Å². The fourth-order valence-corrected chi connectivity index (χ4v) is 1.51. The molecule has 0 aliphatic carbocycles. The van der Waals surface area contributed by atoms with Crippen molar-refractivity contribution in [3.8, 4) is 17.2 Å². The van der Waals surface area contributed by atoms with E-state index in [4.69, 9.17) is 19.9 Å². The number of rotatable bonds is 5. The smallest absolute Gasteiger partial charge is 0.203 e. The Morgan fingerprint density at radius 1 is 1.12 bits per heavy atom. The van der Waals surface area contributed by atoms with Crippen molar-refractivity contribution in [3.63, 3.8) is 0 Å². The predicted molar refractivity (Wildman–Crippen MR) is 63.2 cm³/mol. The van der Waals surface area contributed by atoms with Crippen LogP contribution in [0.5, 0.6) is 17.2 Å². The Morgan fingerprint density at radius 3 is 2.19 bits per heavy atom. The molecule has 0 radical (unpaired) electrons. The Hall–Kier alpha value is -1.68. The van der Waals surface area contributed by atoms with E-state index in [2.05, 4.69) is 6.58 Å². The standard InChI is InChI=1S/C12H17NO3/c1-5-9(13)8-6-7-10(14-2)12(16-4)11(8)15-3/h5-7,9H,1,13H2,2-4H3/t9-/m1/s1. The molecule has 4 heteroatoms. The van der Waals surface area contributed by atoms with E-state index in [1.165, 1.54) is 0 Å². The summed E-state index contributed by atoms with van der Waals surface area (Å²) >= 11 is 0. The van der Waals surface area contributed by atoms with Gasteiger partial charge in [-0.3, -0.25) is 0 Å². The van der Waals surface area contributed by atoms with E-state index < -0.39 is 0 Å². The third-order valence-corrected chi connectivity index (χ3v) is 2.35. The lowest BCUT2D eigenvalue weighted by Crippen LogP contribution is -2.09. The van der Waals surface area contributed by atoms with Gasteiger partial charge in [-0.1, -0.05) is 6.08 Å². The zero-order chi connectivity index (χ0) is 12.1. The lowest BCUT2D eigenvalue weighted by atomic mass is 10.1. The summed E-state index contributed by atoms with van der Waals surface area (Å²) in [4.78, 5) is 0. The molecule has 1 aromatic carbocycles. The van der Waals surface area contributed by atoms with E-state index in [9.17, 15) is 0 Å². The molecular weight excluding hydrogens is 206 g/mol. The molecule has 0 heterocycles. The molecular formula is C12H17NO3. The van der Waals surface area contributed by atoms with E-state index in [1.807, 2.05) is 6.07 Å². The van der Waals surface area contributed by atoms with Gasteiger partial charge < -0.3 is 19.9 Å². The third-order valence-electron chi connectivity index (χ3n) is 2.35. The van der Waals surface area contributed by atoms with Gasteiger partial charge in [-0.25, -0.2) is 0 Å². The minimum Gasteiger partial charge on any atom is -0.493 e. The van der Waals surface area contributed by atoms with Crippen LogP contribution in [0.2, 0.25) is 0 Å². The van der Waals surface area contributed by atoms with E-state index in [0.717, 1.165) is 5.56 Å². The molecule has 88 valence electrons. The zero-order valence-corrected chi connectivity index (χ0v) is 9.82. The van der Waals surface area contributed by atoms with E-state index in [1.54, 1.807) is 33.5 Å². The molecule has 1 atom stereocenters. The zero-order valence-electron chi connectivity index (χ0n) is 9.82. The largest absolute Gasteiger partial charge is 0.493 e. The summed E-state index contributed by atoms with van der Waals surface area (Å²) in [6, 6.07) is 3.34. The number of benzene rings is 1. The van der Waals surface area contributed by atoms with Crippen LogP contribution < -0.4 is 19.9 Å². The van der Waals surface area contributed by atoms with Crippen LogP contribution in [0, 0.1) is 0 Å². The molecule has 0 saturated heterocycles. The number of methoxy groups -OCH3 is 3. The summed E-state index contributed by atoms with van der Waals surface area (Å²) in [5.41, 5.74) is 6.71. The molecule has 0 aliphatic rings. The monoisotopic (exact) mass is 223 g/mol. The average molecular weight is 223 g/mol. The van der Waals surface area contributed by atoms with Gasteiger partial charge in [-0.15, -0.1) is 6.58 Å². The van der Waals surface area contributed by atoms with Crippen molar-refractivity contribution >= 4 is 0 Å². The highest BCUT2D eigenvalue weighted by Crippen LogP contribution is 2.41. The molecule has 1 aromatic rings. The normalized spacial score (nSPS) is 11.8. The van der Waals surface area contributed by atoms with Gasteiger partial charge in [0.2, 0.25) is 5.75 Å². The second-order valence-electron chi connectivity index (χ2n) is 3.19. The van der Waals surface area contributed by atoms with Crippen molar-refractivity contribution in [2.75, 3.05) is 21.3 Å². The molecule has 1 rings (SSSR count). The minimum absolute atomic E-state index is 0.297. The molecule has 4 nitrogen and oxygen atoms in total. The highest BCUT2D eigenvalue weighted by Gasteiger charge is 2.18. The summed E-state index contributed by atoms with van der Waals surface area (Å²) in [5.74, 6) is 1.73. The van der Waals surface area contributed by atoms with Crippen molar-refractivity contribution in [1.29, 1.82) is 0 Å². The van der Waals surface area contributed by atoms with Crippen molar-refractivity contribution in [2.24, 2.45) is 5.73 Å². The molecule has 0 amide bonds. The highest BCUT2D eigenvalue weighted by atomic mass is 16.5. The van der Waals surface area contributed by atoms with Crippen molar-refractivity contribution in [2.45, 2.75) is 6.04 Å². The first kappa shape index (κ1) is 12.4. The molecule has 0 bridgehead atoms. The fraction of sp³-hybridized carbons (Fsp3) is 0.333. The molecule has 0 unspecified atom stereocenters. The van der Waals surface area contributed by atoms with Gasteiger partial charge >= 0.3 is 0 Å². The SMILES string of the molecule is C=C[C@@H](N)c1ccc(OC)c(OC)c1OC. The molecule has 16 heavy (non-hydrogen) atoms. The first-order valence-corrected chi connectivity index (χ1v) is 4.86. The summed E-state index contributed by atoms with van der Waals surface area (Å²) in [5, 5.41) is 0. The minimum atomic E-state index is -0.297. The van der Waals surface area contributed by atoms with Gasteiger partial charge in [0, 0.05) is 5.56 Å². The second-order valence-corrected chi connectivity index (χ2v) is 3.19. The van der Waals surface area contributed by atoms with Gasteiger partial charge in [0.25, 0.3) is 0 Å². The topological polar surface area (TPSA) is 53.7 Å². The first-order chi connectivity index (χ1) is 7.69. The summed E-state index contributed by atoms with van der Waals surface area (Å²) in [7, 11) is 4.70. The Kier molecular flexibility index (Phi) is 4.19. The fourth-order valence-electron chi connectivity index (χ4n) is 1.51. The summed E-state index contributed by atoms with van der Waals surface area (Å²) < 4.78 is 15.7. The van der Waals surface area contributed by atoms with Gasteiger partial charge in [-0.2, -0.15) is 0 Å². The molecule has 0 saturated carbocycles.